The van der Waals surface area contributed by atoms with E-state index in [1.54, 1.807) is 0 Å². The highest BCUT2D eigenvalue weighted by atomic mass is 79.9. The van der Waals surface area contributed by atoms with E-state index in [0.717, 1.165) is 23.1 Å². The molecule has 94 valence electrons. The van der Waals surface area contributed by atoms with Gasteiger partial charge in [-0.15, -0.1) is 0 Å². The molecule has 0 spiro atoms. The van der Waals surface area contributed by atoms with Crippen LogP contribution in [0.4, 0.5) is 0 Å². The summed E-state index contributed by atoms with van der Waals surface area (Å²) in [6.45, 7) is 4.54. The molecule has 3 atom stereocenters. The maximum absolute atomic E-state index is 6.08. The van der Waals surface area contributed by atoms with Crippen molar-refractivity contribution in [3.05, 3.63) is 28.7 Å². The maximum atomic E-state index is 6.08. The Bertz CT molecular complexity index is 378. The first kappa shape index (κ1) is 12.9. The molecule has 1 N–H and O–H groups in total. The lowest BCUT2D eigenvalue weighted by molar-refractivity contribution is -0.0677. The van der Waals surface area contributed by atoms with Crippen LogP contribution in [0.3, 0.4) is 0 Å². The Morgan fingerprint density at radius 1 is 1.41 bits per heavy atom. The lowest BCUT2D eigenvalue weighted by atomic mass is 9.61. The molecule has 0 aliphatic heterocycles. The van der Waals surface area contributed by atoms with Crippen LogP contribution in [0.15, 0.2) is 28.7 Å². The van der Waals surface area contributed by atoms with E-state index in [1.807, 2.05) is 31.3 Å². The summed E-state index contributed by atoms with van der Waals surface area (Å²) >= 11 is 3.43. The van der Waals surface area contributed by atoms with Gasteiger partial charge in [0.15, 0.2) is 0 Å². The fourth-order valence-electron chi connectivity index (χ4n) is 2.60. The molecule has 2 nitrogen and oxygen atoms in total. The van der Waals surface area contributed by atoms with Gasteiger partial charge in [0.1, 0.15) is 11.9 Å². The Labute approximate surface area is 112 Å². The topological polar surface area (TPSA) is 21.3 Å². The van der Waals surface area contributed by atoms with Crippen LogP contribution in [0.25, 0.3) is 0 Å². The number of benzene rings is 1. The van der Waals surface area contributed by atoms with Crippen molar-refractivity contribution in [1.82, 2.24) is 5.32 Å². The summed E-state index contributed by atoms with van der Waals surface area (Å²) in [6.07, 6.45) is 2.56. The zero-order valence-corrected chi connectivity index (χ0v) is 12.3. The molecule has 3 heteroatoms. The average Bonchev–Trinajstić information content (AvgIpc) is 2.35. The van der Waals surface area contributed by atoms with E-state index in [0.29, 0.717) is 12.1 Å². The largest absolute Gasteiger partial charge is 0.490 e. The Morgan fingerprint density at radius 3 is 2.59 bits per heavy atom. The molecule has 0 heterocycles. The third-order valence-corrected chi connectivity index (χ3v) is 4.71. The van der Waals surface area contributed by atoms with Crippen molar-refractivity contribution in [3.63, 3.8) is 0 Å². The molecule has 1 aliphatic rings. The van der Waals surface area contributed by atoms with Crippen molar-refractivity contribution in [2.45, 2.75) is 38.8 Å². The second-order valence-electron chi connectivity index (χ2n) is 5.00. The van der Waals surface area contributed by atoms with Crippen LogP contribution < -0.4 is 10.1 Å². The zero-order chi connectivity index (χ0) is 12.5. The summed E-state index contributed by atoms with van der Waals surface area (Å²) in [4.78, 5) is 0. The smallest absolute Gasteiger partial charge is 0.119 e. The minimum atomic E-state index is 0.252. The fourth-order valence-corrected chi connectivity index (χ4v) is 2.86. The molecule has 1 aromatic rings. The van der Waals surface area contributed by atoms with E-state index in [4.69, 9.17) is 4.74 Å². The van der Waals surface area contributed by atoms with E-state index < -0.39 is 0 Å². The SMILES string of the molecule is CCC1(C)C(NC)CC1Oc1ccc(Br)cc1. The van der Waals surface area contributed by atoms with E-state index in [9.17, 15) is 0 Å². The molecule has 2 rings (SSSR count). The van der Waals surface area contributed by atoms with E-state index in [1.165, 1.54) is 0 Å². The molecule has 1 fully saturated rings. The van der Waals surface area contributed by atoms with Gasteiger partial charge in [-0.2, -0.15) is 0 Å². The second-order valence-corrected chi connectivity index (χ2v) is 5.91. The van der Waals surface area contributed by atoms with E-state index in [2.05, 4.69) is 35.1 Å². The molecule has 0 amide bonds. The third-order valence-electron chi connectivity index (χ3n) is 4.18. The molecule has 1 aliphatic carbocycles. The highest BCUT2D eigenvalue weighted by Gasteiger charge is 2.51. The molecule has 3 unspecified atom stereocenters. The van der Waals surface area contributed by atoms with Crippen molar-refractivity contribution < 1.29 is 4.74 Å². The van der Waals surface area contributed by atoms with Gasteiger partial charge in [0.25, 0.3) is 0 Å². The first-order chi connectivity index (χ1) is 8.10. The first-order valence-corrected chi connectivity index (χ1v) is 6.99. The zero-order valence-electron chi connectivity index (χ0n) is 10.7. The van der Waals surface area contributed by atoms with Crippen molar-refractivity contribution in [3.8, 4) is 5.75 Å². The van der Waals surface area contributed by atoms with E-state index in [-0.39, 0.29) is 5.41 Å². The number of nitrogens with one attached hydrogen (secondary N) is 1. The highest BCUT2D eigenvalue weighted by molar-refractivity contribution is 9.10. The molecule has 0 aromatic heterocycles. The second kappa shape index (κ2) is 4.99. The summed E-state index contributed by atoms with van der Waals surface area (Å²) in [6, 6.07) is 8.66. The van der Waals surface area contributed by atoms with Gasteiger partial charge in [-0.3, -0.25) is 0 Å². The van der Waals surface area contributed by atoms with Crippen LogP contribution >= 0.6 is 15.9 Å². The van der Waals surface area contributed by atoms with Crippen molar-refractivity contribution in [2.75, 3.05) is 7.05 Å². The molecule has 0 saturated heterocycles. The van der Waals surface area contributed by atoms with Gasteiger partial charge in [0, 0.05) is 22.4 Å². The van der Waals surface area contributed by atoms with Crippen LogP contribution in [0, 0.1) is 5.41 Å². The predicted octanol–water partition coefficient (Wildman–Crippen LogP) is 3.60. The number of ether oxygens (including phenoxy) is 1. The highest BCUT2D eigenvalue weighted by Crippen LogP contribution is 2.45. The lowest BCUT2D eigenvalue weighted by Crippen LogP contribution is -2.62. The third kappa shape index (κ3) is 2.36. The summed E-state index contributed by atoms with van der Waals surface area (Å²) < 4.78 is 7.17. The monoisotopic (exact) mass is 297 g/mol. The minimum absolute atomic E-state index is 0.252. The van der Waals surface area contributed by atoms with Gasteiger partial charge < -0.3 is 10.1 Å². The first-order valence-electron chi connectivity index (χ1n) is 6.19. The van der Waals surface area contributed by atoms with Crippen LogP contribution in [0.1, 0.15) is 26.7 Å². The summed E-state index contributed by atoms with van der Waals surface area (Å²) in [7, 11) is 2.04. The van der Waals surface area contributed by atoms with Crippen LogP contribution in [0.5, 0.6) is 5.75 Å². The molecule has 1 aromatic carbocycles. The van der Waals surface area contributed by atoms with Crippen LogP contribution in [0.2, 0.25) is 0 Å². The number of rotatable bonds is 4. The van der Waals surface area contributed by atoms with Crippen LogP contribution in [-0.4, -0.2) is 19.2 Å². The van der Waals surface area contributed by atoms with Crippen molar-refractivity contribution in [1.29, 1.82) is 0 Å². The standard InChI is InChI=1S/C14H20BrNO/c1-4-14(2)12(16-3)9-13(14)17-11-7-5-10(15)6-8-11/h5-8,12-13,16H,4,9H2,1-3H3. The minimum Gasteiger partial charge on any atom is -0.490 e. The Hall–Kier alpha value is -0.540. The molecular formula is C14H20BrNO. The maximum Gasteiger partial charge on any atom is 0.119 e. The van der Waals surface area contributed by atoms with E-state index >= 15 is 0 Å². The normalized spacial score (nSPS) is 32.0. The molecular weight excluding hydrogens is 278 g/mol. The lowest BCUT2D eigenvalue weighted by Gasteiger charge is -2.53. The summed E-state index contributed by atoms with van der Waals surface area (Å²) in [5.74, 6) is 0.965. The molecule has 0 radical (unpaired) electrons. The van der Waals surface area contributed by atoms with Gasteiger partial charge >= 0.3 is 0 Å². The number of hydrogen-bond donors (Lipinski definition) is 1. The fraction of sp³-hybridized carbons (Fsp3) is 0.571. The number of halogens is 1. The molecule has 1 saturated carbocycles. The predicted molar refractivity (Wildman–Crippen MR) is 74.4 cm³/mol. The Kier molecular flexibility index (Phi) is 3.79. The van der Waals surface area contributed by atoms with Crippen molar-refractivity contribution >= 4 is 15.9 Å². The van der Waals surface area contributed by atoms with Crippen molar-refractivity contribution in [2.24, 2.45) is 5.41 Å². The van der Waals surface area contributed by atoms with Crippen LogP contribution in [-0.2, 0) is 0 Å². The average molecular weight is 298 g/mol. The van der Waals surface area contributed by atoms with Gasteiger partial charge in [-0.05, 0) is 37.7 Å². The number of hydrogen-bond acceptors (Lipinski definition) is 2. The van der Waals surface area contributed by atoms with Gasteiger partial charge in [-0.25, -0.2) is 0 Å². The molecule has 0 bridgehead atoms. The molecule has 17 heavy (non-hydrogen) atoms. The summed E-state index contributed by atoms with van der Waals surface area (Å²) in [5, 5.41) is 3.38. The Morgan fingerprint density at radius 2 is 2.06 bits per heavy atom. The summed E-state index contributed by atoms with van der Waals surface area (Å²) in [5.41, 5.74) is 0.252. The quantitative estimate of drug-likeness (QED) is 0.917. The van der Waals surface area contributed by atoms with Gasteiger partial charge in [-0.1, -0.05) is 29.8 Å². The van der Waals surface area contributed by atoms with Gasteiger partial charge in [0.2, 0.25) is 0 Å². The van der Waals surface area contributed by atoms with Gasteiger partial charge in [0.05, 0.1) is 0 Å². The Balaban J connectivity index is 2.03.